The molecule has 1 N–H and O–H groups in total. The lowest BCUT2D eigenvalue weighted by Gasteiger charge is -2.31. The van der Waals surface area contributed by atoms with Crippen molar-refractivity contribution < 1.29 is 9.78 Å². The summed E-state index contributed by atoms with van der Waals surface area (Å²) in [5, 5.41) is 3.86. The van der Waals surface area contributed by atoms with Crippen LogP contribution in [0.15, 0.2) is 0 Å². The van der Waals surface area contributed by atoms with Crippen LogP contribution in [0.25, 0.3) is 0 Å². The highest BCUT2D eigenvalue weighted by atomic mass is 17.2. The molecule has 2 aliphatic rings. The molecule has 0 saturated heterocycles. The average Bonchev–Trinajstić information content (AvgIpc) is 2.61. The van der Waals surface area contributed by atoms with Crippen molar-refractivity contribution >= 4 is 0 Å². The first-order chi connectivity index (χ1) is 8.38. The minimum absolute atomic E-state index is 0.326. The zero-order chi connectivity index (χ0) is 11.9. The van der Waals surface area contributed by atoms with Gasteiger partial charge in [0.15, 0.2) is 0 Å². The molecular formula is C14H27NO2. The van der Waals surface area contributed by atoms with Crippen molar-refractivity contribution in [2.45, 2.75) is 82.4 Å². The van der Waals surface area contributed by atoms with Crippen molar-refractivity contribution in [3.8, 4) is 0 Å². The van der Waals surface area contributed by atoms with E-state index in [1.54, 1.807) is 7.11 Å². The van der Waals surface area contributed by atoms with Gasteiger partial charge in [-0.2, -0.15) is 0 Å². The normalized spacial score (nSPS) is 32.3. The molecule has 3 heteroatoms. The highest BCUT2D eigenvalue weighted by Gasteiger charge is 2.24. The Kier molecular flexibility index (Phi) is 5.75. The molecule has 0 spiro atoms. The lowest BCUT2D eigenvalue weighted by atomic mass is 9.92. The molecule has 2 saturated carbocycles. The third kappa shape index (κ3) is 4.57. The zero-order valence-corrected chi connectivity index (χ0v) is 11.1. The topological polar surface area (TPSA) is 30.5 Å². The standard InChI is InChI=1S/C14H27NO2/c1-16-17-14-10-8-13(9-11-14)15-12-6-4-2-3-5-7-12/h12-15H,2-11H2,1H3/t13-,14-. The molecule has 0 bridgehead atoms. The molecule has 0 amide bonds. The zero-order valence-electron chi connectivity index (χ0n) is 11.1. The van der Waals surface area contributed by atoms with Crippen LogP contribution < -0.4 is 5.32 Å². The summed E-state index contributed by atoms with van der Waals surface area (Å²) >= 11 is 0. The van der Waals surface area contributed by atoms with Gasteiger partial charge in [0.05, 0.1) is 13.2 Å². The van der Waals surface area contributed by atoms with Gasteiger partial charge in [0.2, 0.25) is 0 Å². The Balaban J connectivity index is 1.66. The van der Waals surface area contributed by atoms with Crippen molar-refractivity contribution in [3.63, 3.8) is 0 Å². The van der Waals surface area contributed by atoms with Crippen molar-refractivity contribution in [3.05, 3.63) is 0 Å². The maximum atomic E-state index is 5.21. The Labute approximate surface area is 105 Å². The maximum absolute atomic E-state index is 5.21. The molecular weight excluding hydrogens is 214 g/mol. The fraction of sp³-hybridized carbons (Fsp3) is 1.00. The second-order valence-corrected chi connectivity index (χ2v) is 5.59. The van der Waals surface area contributed by atoms with Gasteiger partial charge >= 0.3 is 0 Å². The molecule has 0 radical (unpaired) electrons. The van der Waals surface area contributed by atoms with Gasteiger partial charge in [0.1, 0.15) is 0 Å². The first kappa shape index (κ1) is 13.3. The summed E-state index contributed by atoms with van der Waals surface area (Å²) in [6, 6.07) is 1.50. The third-order valence-corrected chi connectivity index (χ3v) is 4.23. The van der Waals surface area contributed by atoms with E-state index in [1.807, 2.05) is 0 Å². The van der Waals surface area contributed by atoms with Crippen molar-refractivity contribution in [2.24, 2.45) is 0 Å². The van der Waals surface area contributed by atoms with Gasteiger partial charge in [-0.05, 0) is 38.5 Å². The summed E-state index contributed by atoms with van der Waals surface area (Å²) in [7, 11) is 1.61. The van der Waals surface area contributed by atoms with Crippen LogP contribution in [-0.4, -0.2) is 25.3 Å². The fourth-order valence-electron chi connectivity index (χ4n) is 3.24. The SMILES string of the molecule is COO[C@H]1CC[C@H](NC2CCCCCC2)CC1. The van der Waals surface area contributed by atoms with E-state index in [-0.39, 0.29) is 0 Å². The number of nitrogens with one attached hydrogen (secondary N) is 1. The van der Waals surface area contributed by atoms with Crippen LogP contribution in [0.1, 0.15) is 64.2 Å². The van der Waals surface area contributed by atoms with Crippen molar-refractivity contribution in [2.75, 3.05) is 7.11 Å². The first-order valence-electron chi connectivity index (χ1n) is 7.34. The summed E-state index contributed by atoms with van der Waals surface area (Å²) in [5.41, 5.74) is 0. The van der Waals surface area contributed by atoms with E-state index in [0.717, 1.165) is 24.9 Å². The van der Waals surface area contributed by atoms with Gasteiger partial charge in [0, 0.05) is 12.1 Å². The second-order valence-electron chi connectivity index (χ2n) is 5.59. The molecule has 2 rings (SSSR count). The summed E-state index contributed by atoms with van der Waals surface area (Å²) in [6.45, 7) is 0. The van der Waals surface area contributed by atoms with Gasteiger partial charge in [0.25, 0.3) is 0 Å². The van der Waals surface area contributed by atoms with Crippen LogP contribution in [0, 0.1) is 0 Å². The highest BCUT2D eigenvalue weighted by molar-refractivity contribution is 4.81. The second kappa shape index (κ2) is 7.34. The number of hydrogen-bond donors (Lipinski definition) is 1. The Morgan fingerprint density at radius 2 is 1.35 bits per heavy atom. The molecule has 0 atom stereocenters. The van der Waals surface area contributed by atoms with Gasteiger partial charge in [-0.1, -0.05) is 25.7 Å². The quantitative estimate of drug-likeness (QED) is 0.466. The van der Waals surface area contributed by atoms with Gasteiger partial charge in [-0.25, -0.2) is 9.78 Å². The van der Waals surface area contributed by atoms with Gasteiger partial charge < -0.3 is 5.32 Å². The lowest BCUT2D eigenvalue weighted by Crippen LogP contribution is -2.41. The molecule has 17 heavy (non-hydrogen) atoms. The third-order valence-electron chi connectivity index (χ3n) is 4.23. The van der Waals surface area contributed by atoms with E-state index in [1.165, 1.54) is 51.4 Å². The van der Waals surface area contributed by atoms with Gasteiger partial charge in [-0.15, -0.1) is 0 Å². The predicted molar refractivity (Wildman–Crippen MR) is 68.8 cm³/mol. The summed E-state index contributed by atoms with van der Waals surface area (Å²) < 4.78 is 0. The number of rotatable bonds is 4. The van der Waals surface area contributed by atoms with E-state index in [2.05, 4.69) is 5.32 Å². The minimum Gasteiger partial charge on any atom is -0.311 e. The largest absolute Gasteiger partial charge is 0.311 e. The Hall–Kier alpha value is -0.120. The first-order valence-corrected chi connectivity index (χ1v) is 7.34. The van der Waals surface area contributed by atoms with E-state index in [4.69, 9.17) is 9.78 Å². The number of hydrogen-bond acceptors (Lipinski definition) is 3. The molecule has 2 aliphatic carbocycles. The van der Waals surface area contributed by atoms with E-state index >= 15 is 0 Å². The van der Waals surface area contributed by atoms with E-state index in [9.17, 15) is 0 Å². The predicted octanol–water partition coefficient (Wildman–Crippen LogP) is 3.19. The molecule has 2 fully saturated rings. The Morgan fingerprint density at radius 3 is 1.94 bits per heavy atom. The molecule has 0 aromatic carbocycles. The average molecular weight is 241 g/mol. The monoisotopic (exact) mass is 241 g/mol. The van der Waals surface area contributed by atoms with E-state index in [0.29, 0.717) is 6.10 Å². The Bertz CT molecular complexity index is 194. The fourth-order valence-corrected chi connectivity index (χ4v) is 3.24. The van der Waals surface area contributed by atoms with Gasteiger partial charge in [-0.3, -0.25) is 0 Å². The van der Waals surface area contributed by atoms with Crippen LogP contribution in [0.4, 0.5) is 0 Å². The van der Waals surface area contributed by atoms with E-state index < -0.39 is 0 Å². The lowest BCUT2D eigenvalue weighted by molar-refractivity contribution is -0.309. The smallest absolute Gasteiger partial charge is 0.0931 e. The van der Waals surface area contributed by atoms with Crippen molar-refractivity contribution in [1.29, 1.82) is 0 Å². The summed E-state index contributed by atoms with van der Waals surface area (Å²) in [5.74, 6) is 0. The molecule has 0 unspecified atom stereocenters. The Morgan fingerprint density at radius 1 is 0.765 bits per heavy atom. The summed E-state index contributed by atoms with van der Waals surface area (Å²) in [4.78, 5) is 9.98. The highest BCUT2D eigenvalue weighted by Crippen LogP contribution is 2.24. The summed E-state index contributed by atoms with van der Waals surface area (Å²) in [6.07, 6.45) is 13.6. The van der Waals surface area contributed by atoms with Crippen LogP contribution in [-0.2, 0) is 9.78 Å². The molecule has 0 aromatic heterocycles. The van der Waals surface area contributed by atoms with Crippen LogP contribution in [0.2, 0.25) is 0 Å². The van der Waals surface area contributed by atoms with Crippen LogP contribution >= 0.6 is 0 Å². The van der Waals surface area contributed by atoms with Crippen LogP contribution in [0.5, 0.6) is 0 Å². The van der Waals surface area contributed by atoms with Crippen molar-refractivity contribution in [1.82, 2.24) is 5.32 Å². The molecule has 0 aliphatic heterocycles. The minimum atomic E-state index is 0.326. The molecule has 0 aromatic rings. The maximum Gasteiger partial charge on any atom is 0.0931 e. The molecule has 0 heterocycles. The molecule has 100 valence electrons. The van der Waals surface area contributed by atoms with Crippen LogP contribution in [0.3, 0.4) is 0 Å². The molecule has 3 nitrogen and oxygen atoms in total.